The summed E-state index contributed by atoms with van der Waals surface area (Å²) in [6.07, 6.45) is 1.77. The lowest BCUT2D eigenvalue weighted by atomic mass is 10.1. The summed E-state index contributed by atoms with van der Waals surface area (Å²) in [7, 11) is 0. The molecule has 0 fully saturated rings. The number of rotatable bonds is 12. The fourth-order valence-electron chi connectivity index (χ4n) is 1.90. The van der Waals surface area contributed by atoms with Crippen LogP contribution in [0.2, 0.25) is 0 Å². The number of benzene rings is 1. The Hall–Kier alpha value is -0.940. The van der Waals surface area contributed by atoms with Crippen LogP contribution in [0.1, 0.15) is 38.4 Å². The van der Waals surface area contributed by atoms with Crippen LogP contribution in [0.4, 0.5) is 0 Å². The Bertz CT molecular complexity index is 345. The molecule has 2 unspecified atom stereocenters. The van der Waals surface area contributed by atoms with Crippen LogP contribution in [-0.2, 0) is 9.47 Å². The minimum absolute atomic E-state index is 0.00164. The smallest absolute Gasteiger partial charge is 0.0897 e. The third-order valence-electron chi connectivity index (χ3n) is 3.25. The van der Waals surface area contributed by atoms with E-state index in [1.54, 1.807) is 0 Å². The third-order valence-corrected chi connectivity index (χ3v) is 3.25. The summed E-state index contributed by atoms with van der Waals surface area (Å²) >= 11 is 0. The van der Waals surface area contributed by atoms with Crippen LogP contribution in [-0.4, -0.2) is 44.1 Å². The molecule has 0 aliphatic heterocycles. The summed E-state index contributed by atoms with van der Waals surface area (Å²) in [6, 6.07) is 10.0. The van der Waals surface area contributed by atoms with Gasteiger partial charge in [-0.15, -0.1) is 0 Å². The first-order valence-corrected chi connectivity index (χ1v) is 7.87. The number of unbranched alkanes of at least 4 members (excludes halogenated alkanes) is 1. The number of ether oxygens (including phenoxy) is 2. The zero-order valence-electron chi connectivity index (χ0n) is 13.3. The van der Waals surface area contributed by atoms with E-state index in [0.717, 1.165) is 31.6 Å². The van der Waals surface area contributed by atoms with Gasteiger partial charge in [0.15, 0.2) is 0 Å². The highest BCUT2D eigenvalue weighted by Crippen LogP contribution is 2.15. The van der Waals surface area contributed by atoms with Gasteiger partial charge in [-0.05, 0) is 18.9 Å². The van der Waals surface area contributed by atoms with Gasteiger partial charge in [0.05, 0.1) is 25.4 Å². The summed E-state index contributed by atoms with van der Waals surface area (Å²) in [5.41, 5.74) is 1.13. The van der Waals surface area contributed by atoms with Gasteiger partial charge in [-0.3, -0.25) is 0 Å². The average Bonchev–Trinajstić information content (AvgIpc) is 2.52. The predicted molar refractivity (Wildman–Crippen MR) is 85.4 cm³/mol. The van der Waals surface area contributed by atoms with Gasteiger partial charge >= 0.3 is 0 Å². The number of nitrogens with one attached hydrogen (secondary N) is 1. The van der Waals surface area contributed by atoms with Gasteiger partial charge in [-0.25, -0.2) is 0 Å². The van der Waals surface area contributed by atoms with Crippen LogP contribution in [0.3, 0.4) is 0 Å². The van der Waals surface area contributed by atoms with E-state index in [4.69, 9.17) is 9.47 Å². The fourth-order valence-corrected chi connectivity index (χ4v) is 1.90. The molecule has 0 spiro atoms. The highest BCUT2D eigenvalue weighted by atomic mass is 16.5. The van der Waals surface area contributed by atoms with Crippen molar-refractivity contribution >= 4 is 0 Å². The highest BCUT2D eigenvalue weighted by Gasteiger charge is 2.09. The molecule has 0 radical (unpaired) electrons. The van der Waals surface area contributed by atoms with Gasteiger partial charge in [0.1, 0.15) is 0 Å². The molecule has 4 nitrogen and oxygen atoms in total. The molecule has 1 rings (SSSR count). The number of aliphatic hydroxyl groups is 1. The van der Waals surface area contributed by atoms with E-state index in [9.17, 15) is 5.11 Å². The lowest BCUT2D eigenvalue weighted by molar-refractivity contribution is -0.00259. The van der Waals surface area contributed by atoms with Crippen molar-refractivity contribution in [3.05, 3.63) is 35.9 Å². The van der Waals surface area contributed by atoms with Crippen molar-refractivity contribution < 1.29 is 14.6 Å². The Morgan fingerprint density at radius 1 is 1.19 bits per heavy atom. The Morgan fingerprint density at radius 3 is 2.67 bits per heavy atom. The summed E-state index contributed by atoms with van der Waals surface area (Å²) in [4.78, 5) is 0. The molecule has 2 N–H and O–H groups in total. The van der Waals surface area contributed by atoms with Gasteiger partial charge in [-0.1, -0.05) is 43.7 Å². The monoisotopic (exact) mass is 295 g/mol. The molecule has 0 saturated heterocycles. The molecule has 0 amide bonds. The van der Waals surface area contributed by atoms with E-state index in [1.165, 1.54) is 0 Å². The average molecular weight is 295 g/mol. The lowest BCUT2D eigenvalue weighted by Gasteiger charge is -2.17. The summed E-state index contributed by atoms with van der Waals surface area (Å²) in [5.74, 6) is 0. The van der Waals surface area contributed by atoms with E-state index in [-0.39, 0.29) is 6.10 Å². The van der Waals surface area contributed by atoms with Gasteiger partial charge in [0, 0.05) is 19.7 Å². The maximum Gasteiger partial charge on any atom is 0.0897 e. The topological polar surface area (TPSA) is 50.7 Å². The van der Waals surface area contributed by atoms with Crippen molar-refractivity contribution in [2.24, 2.45) is 0 Å². The Kier molecular flexibility index (Phi) is 10.1. The van der Waals surface area contributed by atoms with Crippen molar-refractivity contribution in [3.63, 3.8) is 0 Å². The molecule has 0 saturated carbocycles. The molecule has 0 bridgehead atoms. The molecule has 120 valence electrons. The first-order valence-electron chi connectivity index (χ1n) is 7.87. The van der Waals surface area contributed by atoms with Crippen LogP contribution in [0.5, 0.6) is 0 Å². The van der Waals surface area contributed by atoms with Gasteiger partial charge in [-0.2, -0.15) is 0 Å². The number of aliphatic hydroxyl groups excluding tert-OH is 1. The van der Waals surface area contributed by atoms with Crippen molar-refractivity contribution in [2.75, 3.05) is 32.9 Å². The Labute approximate surface area is 128 Å². The van der Waals surface area contributed by atoms with E-state index in [0.29, 0.717) is 19.8 Å². The molecule has 1 aromatic carbocycles. The van der Waals surface area contributed by atoms with Crippen molar-refractivity contribution in [1.29, 1.82) is 0 Å². The zero-order valence-corrected chi connectivity index (χ0v) is 13.3. The first-order chi connectivity index (χ1) is 10.2. The Morgan fingerprint density at radius 2 is 1.95 bits per heavy atom. The number of hydrogen-bond acceptors (Lipinski definition) is 4. The first kappa shape index (κ1) is 18.1. The quantitative estimate of drug-likeness (QED) is 0.582. The molecule has 1 aromatic rings. The zero-order chi connectivity index (χ0) is 15.3. The maximum absolute atomic E-state index is 9.86. The van der Waals surface area contributed by atoms with E-state index in [2.05, 4.69) is 12.2 Å². The molecule has 0 aliphatic rings. The van der Waals surface area contributed by atoms with Crippen LogP contribution in [0, 0.1) is 0 Å². The second-order valence-corrected chi connectivity index (χ2v) is 5.21. The second kappa shape index (κ2) is 11.7. The minimum Gasteiger partial charge on any atom is -0.389 e. The largest absolute Gasteiger partial charge is 0.389 e. The molecule has 2 atom stereocenters. The molecule has 0 heterocycles. The maximum atomic E-state index is 9.86. The SMILES string of the molecule is CCCCOCCNCC(O)COC(C)c1ccccc1. The van der Waals surface area contributed by atoms with Crippen LogP contribution >= 0.6 is 0 Å². The summed E-state index contributed by atoms with van der Waals surface area (Å²) in [6.45, 7) is 7.27. The van der Waals surface area contributed by atoms with Gasteiger partial charge in [0.25, 0.3) is 0 Å². The fraction of sp³-hybridized carbons (Fsp3) is 0.647. The lowest BCUT2D eigenvalue weighted by Crippen LogP contribution is -2.32. The molecule has 21 heavy (non-hydrogen) atoms. The minimum atomic E-state index is -0.494. The normalized spacial score (nSPS) is 14.0. The van der Waals surface area contributed by atoms with E-state index in [1.807, 2.05) is 37.3 Å². The molecular weight excluding hydrogens is 266 g/mol. The van der Waals surface area contributed by atoms with Crippen LogP contribution in [0.15, 0.2) is 30.3 Å². The standard InChI is InChI=1S/C17H29NO3/c1-3-4-11-20-12-10-18-13-17(19)14-21-15(2)16-8-6-5-7-9-16/h5-9,15,17-19H,3-4,10-14H2,1-2H3. The van der Waals surface area contributed by atoms with E-state index < -0.39 is 6.10 Å². The summed E-state index contributed by atoms with van der Waals surface area (Å²) < 4.78 is 11.1. The van der Waals surface area contributed by atoms with E-state index >= 15 is 0 Å². The number of hydrogen-bond donors (Lipinski definition) is 2. The van der Waals surface area contributed by atoms with Crippen molar-refractivity contribution in [1.82, 2.24) is 5.32 Å². The third kappa shape index (κ3) is 8.83. The molecule has 4 heteroatoms. The molecular formula is C17H29NO3. The van der Waals surface area contributed by atoms with Crippen molar-refractivity contribution in [3.8, 4) is 0 Å². The van der Waals surface area contributed by atoms with Crippen LogP contribution in [0.25, 0.3) is 0 Å². The van der Waals surface area contributed by atoms with Gasteiger partial charge in [0.2, 0.25) is 0 Å². The summed E-state index contributed by atoms with van der Waals surface area (Å²) in [5, 5.41) is 13.0. The van der Waals surface area contributed by atoms with Crippen LogP contribution < -0.4 is 5.32 Å². The predicted octanol–water partition coefficient (Wildman–Crippen LogP) is 2.53. The highest BCUT2D eigenvalue weighted by molar-refractivity contribution is 5.16. The molecule has 0 aliphatic carbocycles. The van der Waals surface area contributed by atoms with Gasteiger partial charge < -0.3 is 19.9 Å². The second-order valence-electron chi connectivity index (χ2n) is 5.21. The Balaban J connectivity index is 2.02. The van der Waals surface area contributed by atoms with Crippen molar-refractivity contribution in [2.45, 2.75) is 38.9 Å². The molecule has 0 aromatic heterocycles.